The first kappa shape index (κ1) is 43.2. The first-order valence-corrected chi connectivity index (χ1v) is 25.3. The molecule has 9 aromatic carbocycles. The second-order valence-corrected chi connectivity index (χ2v) is 19.4. The summed E-state index contributed by atoms with van der Waals surface area (Å²) in [6, 6.07) is 78.5. The minimum atomic E-state index is 0.263. The maximum atomic E-state index is 2.52. The molecule has 0 amide bonds. The molecule has 2 heterocycles. The summed E-state index contributed by atoms with van der Waals surface area (Å²) in [6.07, 6.45) is 16.5. The molecule has 0 saturated carbocycles. The summed E-state index contributed by atoms with van der Waals surface area (Å²) in [5.74, 6) is 0. The molecule has 0 fully saturated rings. The van der Waals surface area contributed by atoms with Gasteiger partial charge in [0.05, 0.1) is 28.1 Å². The third kappa shape index (κ3) is 7.73. The van der Waals surface area contributed by atoms with E-state index in [9.17, 15) is 0 Å². The van der Waals surface area contributed by atoms with Crippen molar-refractivity contribution in [3.8, 4) is 16.8 Å². The molecule has 2 aliphatic carbocycles. The first-order valence-electron chi connectivity index (χ1n) is 25.3. The van der Waals surface area contributed by atoms with E-state index in [2.05, 4.69) is 282 Å². The van der Waals surface area contributed by atoms with Crippen LogP contribution in [0.4, 0.5) is 28.4 Å². The van der Waals surface area contributed by atoms with E-state index in [0.717, 1.165) is 42.0 Å². The highest BCUT2D eigenvalue weighted by Crippen LogP contribution is 2.43. The van der Waals surface area contributed by atoms with Crippen LogP contribution in [0.15, 0.2) is 249 Å². The summed E-state index contributed by atoms with van der Waals surface area (Å²) < 4.78 is 4.98. The van der Waals surface area contributed by atoms with E-state index in [1.165, 1.54) is 94.1 Å². The van der Waals surface area contributed by atoms with Crippen LogP contribution in [0.3, 0.4) is 0 Å². The van der Waals surface area contributed by atoms with Crippen molar-refractivity contribution in [3.63, 3.8) is 0 Å². The Balaban J connectivity index is 0.833. The Kier molecular flexibility index (Phi) is 10.9. The van der Waals surface area contributed by atoms with Crippen LogP contribution in [0, 0.1) is 13.8 Å². The summed E-state index contributed by atoms with van der Waals surface area (Å²) in [6.45, 7) is 4.32. The van der Waals surface area contributed by atoms with E-state index in [4.69, 9.17) is 0 Å². The lowest BCUT2D eigenvalue weighted by Gasteiger charge is -2.33. The van der Waals surface area contributed by atoms with Crippen molar-refractivity contribution in [2.45, 2.75) is 39.2 Å². The highest BCUT2D eigenvalue weighted by atomic mass is 15.2. The zero-order chi connectivity index (χ0) is 48.1. The molecule has 0 N–H and O–H groups in total. The van der Waals surface area contributed by atoms with Gasteiger partial charge in [-0.25, -0.2) is 0 Å². The van der Waals surface area contributed by atoms with E-state index in [1.807, 2.05) is 0 Å². The predicted octanol–water partition coefficient (Wildman–Crippen LogP) is 18.4. The van der Waals surface area contributed by atoms with Gasteiger partial charge in [-0.05, 0) is 170 Å². The number of aryl methyl sites for hydroxylation is 2. The number of para-hydroxylation sites is 3. The third-order valence-corrected chi connectivity index (χ3v) is 14.8. The number of benzene rings is 9. The van der Waals surface area contributed by atoms with Gasteiger partial charge in [-0.1, -0.05) is 146 Å². The van der Waals surface area contributed by atoms with Crippen LogP contribution in [0.25, 0.3) is 71.7 Å². The van der Waals surface area contributed by atoms with Gasteiger partial charge in [-0.15, -0.1) is 0 Å². The van der Waals surface area contributed by atoms with Crippen molar-refractivity contribution in [1.82, 2.24) is 9.13 Å². The van der Waals surface area contributed by atoms with Gasteiger partial charge < -0.3 is 18.9 Å². The normalized spacial score (nSPS) is 14.6. The van der Waals surface area contributed by atoms with Gasteiger partial charge in [0.15, 0.2) is 0 Å². The van der Waals surface area contributed by atoms with Crippen LogP contribution in [0.1, 0.15) is 36.0 Å². The number of allylic oxidation sites excluding steroid dienone is 6. The molecule has 11 aromatic rings. The lowest BCUT2D eigenvalue weighted by Crippen LogP contribution is -2.29. The van der Waals surface area contributed by atoms with Crippen molar-refractivity contribution >= 4 is 83.3 Å². The molecule has 0 saturated heterocycles. The number of hydrogen-bond acceptors (Lipinski definition) is 2. The molecular formula is C68H54N4. The van der Waals surface area contributed by atoms with E-state index in [1.54, 1.807) is 0 Å². The Labute approximate surface area is 421 Å². The molecule has 1 unspecified atom stereocenters. The summed E-state index contributed by atoms with van der Waals surface area (Å²) in [4.78, 5) is 4.80. The predicted molar refractivity (Wildman–Crippen MR) is 307 cm³/mol. The Bertz CT molecular complexity index is 3960. The number of rotatable bonds is 10. The average Bonchev–Trinajstić information content (AvgIpc) is 3.93. The van der Waals surface area contributed by atoms with Crippen LogP contribution < -0.4 is 9.80 Å². The van der Waals surface area contributed by atoms with Crippen LogP contribution in [-0.2, 0) is 0 Å². The molecule has 0 spiro atoms. The minimum Gasteiger partial charge on any atom is -0.334 e. The van der Waals surface area contributed by atoms with Gasteiger partial charge in [0.1, 0.15) is 0 Å². The second-order valence-electron chi connectivity index (χ2n) is 19.4. The topological polar surface area (TPSA) is 16.3 Å². The van der Waals surface area contributed by atoms with Crippen LogP contribution in [-0.4, -0.2) is 15.2 Å². The van der Waals surface area contributed by atoms with Crippen LogP contribution in [0.5, 0.6) is 0 Å². The van der Waals surface area contributed by atoms with Gasteiger partial charge in [0, 0.05) is 61.4 Å². The Hall–Kier alpha value is -8.86. The summed E-state index contributed by atoms with van der Waals surface area (Å²) in [7, 11) is 0. The van der Waals surface area contributed by atoms with Crippen LogP contribution in [0.2, 0.25) is 0 Å². The first-order chi connectivity index (χ1) is 35.5. The van der Waals surface area contributed by atoms with Crippen molar-refractivity contribution < 1.29 is 0 Å². The molecule has 72 heavy (non-hydrogen) atoms. The lowest BCUT2D eigenvalue weighted by atomic mass is 9.95. The zero-order valence-corrected chi connectivity index (χ0v) is 40.7. The SMILES string of the molecule is Cc1cccc(N(c2ccccc2)c2ccc(C3=CC=C(n4c5ccccc5c5cc6c(cc54)c4ccccc4n6-c4ccc(-c5ccc(N(c6cccc(C)c6)C6C=CC=CC6)cc5)cc4)CC3)cc2)c1. The number of anilines is 5. The fourth-order valence-electron chi connectivity index (χ4n) is 11.4. The molecular weight excluding hydrogens is 873 g/mol. The number of hydrogen-bond donors (Lipinski definition) is 0. The molecule has 2 aliphatic rings. The summed E-state index contributed by atoms with van der Waals surface area (Å²) in [5.41, 5.74) is 20.7. The van der Waals surface area contributed by atoms with E-state index in [0.29, 0.717) is 0 Å². The van der Waals surface area contributed by atoms with E-state index >= 15 is 0 Å². The fraction of sp³-hybridized carbons (Fsp3) is 0.0882. The van der Waals surface area contributed by atoms with Gasteiger partial charge in [-0.3, -0.25) is 0 Å². The Morgan fingerprint density at radius 2 is 0.958 bits per heavy atom. The number of fused-ring (bicyclic) bond motifs is 6. The standard InChI is InChI=1S/C68H54N4/c1-47-15-13-21-59(43-47)69(53-17-5-3-6-18-53)55-35-27-49(28-36-55)51-31-39-57(40-32-51)71-65-25-11-9-23-61(65)63-46-68-64(45-67(63)71)62-24-10-12-26-66(62)72(68)58-41-33-52(34-42-58)50-29-37-56(38-30-50)70(54-19-7-4-8-20-54)60-22-14-16-48(2)44-60/h3-19,21-31,33-39,41-46,54H,20,32,40H2,1-2H3. The molecule has 4 nitrogen and oxygen atoms in total. The Morgan fingerprint density at radius 3 is 1.60 bits per heavy atom. The molecule has 0 bridgehead atoms. The van der Waals surface area contributed by atoms with E-state index in [-0.39, 0.29) is 6.04 Å². The fourth-order valence-corrected chi connectivity index (χ4v) is 11.4. The maximum Gasteiger partial charge on any atom is 0.0559 e. The molecule has 2 aromatic heterocycles. The molecule has 13 rings (SSSR count). The van der Waals surface area contributed by atoms with Crippen molar-refractivity contribution in [2.75, 3.05) is 9.80 Å². The maximum absolute atomic E-state index is 2.52. The highest BCUT2D eigenvalue weighted by molar-refractivity contribution is 6.19. The zero-order valence-electron chi connectivity index (χ0n) is 40.7. The van der Waals surface area contributed by atoms with E-state index < -0.39 is 0 Å². The van der Waals surface area contributed by atoms with Crippen molar-refractivity contribution in [1.29, 1.82) is 0 Å². The lowest BCUT2D eigenvalue weighted by molar-refractivity contribution is 0.785. The highest BCUT2D eigenvalue weighted by Gasteiger charge is 2.22. The number of aromatic nitrogens is 2. The number of nitrogens with zero attached hydrogens (tertiary/aromatic N) is 4. The summed E-state index contributed by atoms with van der Waals surface area (Å²) in [5, 5.41) is 5.04. The minimum absolute atomic E-state index is 0.263. The molecule has 1 atom stereocenters. The average molecular weight is 927 g/mol. The van der Waals surface area contributed by atoms with Gasteiger partial charge in [0.25, 0.3) is 0 Å². The van der Waals surface area contributed by atoms with Gasteiger partial charge in [-0.2, -0.15) is 0 Å². The molecule has 0 aliphatic heterocycles. The van der Waals surface area contributed by atoms with Gasteiger partial charge >= 0.3 is 0 Å². The Morgan fingerprint density at radius 1 is 0.403 bits per heavy atom. The molecule has 0 radical (unpaired) electrons. The molecule has 4 heteroatoms. The van der Waals surface area contributed by atoms with Crippen LogP contribution >= 0.6 is 0 Å². The molecule has 346 valence electrons. The largest absolute Gasteiger partial charge is 0.334 e. The second kappa shape index (κ2) is 18.1. The van der Waals surface area contributed by atoms with Crippen molar-refractivity contribution in [2.24, 2.45) is 0 Å². The quantitative estimate of drug-likeness (QED) is 0.136. The monoisotopic (exact) mass is 926 g/mol. The smallest absolute Gasteiger partial charge is 0.0559 e. The summed E-state index contributed by atoms with van der Waals surface area (Å²) >= 11 is 0. The van der Waals surface area contributed by atoms with Crippen molar-refractivity contribution in [3.05, 3.63) is 265 Å². The third-order valence-electron chi connectivity index (χ3n) is 14.8. The van der Waals surface area contributed by atoms with Gasteiger partial charge in [0.2, 0.25) is 0 Å².